The van der Waals surface area contributed by atoms with E-state index < -0.39 is 0 Å². The number of ether oxygens (including phenoxy) is 2. The molecule has 1 aliphatic heterocycles. The zero-order valence-electron chi connectivity index (χ0n) is 15.1. The minimum absolute atomic E-state index is 0.128. The van der Waals surface area contributed by atoms with Gasteiger partial charge in [-0.1, -0.05) is 30.3 Å². The quantitative estimate of drug-likeness (QED) is 0.764. The van der Waals surface area contributed by atoms with Gasteiger partial charge in [0.25, 0.3) is 5.91 Å². The zero-order chi connectivity index (χ0) is 18.5. The third-order valence-corrected chi connectivity index (χ3v) is 4.36. The summed E-state index contributed by atoms with van der Waals surface area (Å²) in [7, 11) is 1.75. The smallest absolute Gasteiger partial charge is 0.307 e. The van der Waals surface area contributed by atoms with Gasteiger partial charge < -0.3 is 14.4 Å². The lowest BCUT2D eigenvalue weighted by Gasteiger charge is -2.35. The number of rotatable bonds is 5. The van der Waals surface area contributed by atoms with Gasteiger partial charge in [-0.15, -0.1) is 0 Å². The summed E-state index contributed by atoms with van der Waals surface area (Å²) in [5.74, 6) is -0.476. The number of aryl methyl sites for hydroxylation is 1. The van der Waals surface area contributed by atoms with E-state index in [1.54, 1.807) is 29.6 Å². The molecule has 0 aliphatic carbocycles. The second-order valence-electron chi connectivity index (χ2n) is 6.14. The lowest BCUT2D eigenvalue weighted by atomic mass is 10.1. The highest BCUT2D eigenvalue weighted by Crippen LogP contribution is 2.21. The molecule has 1 fully saturated rings. The van der Waals surface area contributed by atoms with Crippen LogP contribution in [0.25, 0.3) is 11.3 Å². The van der Waals surface area contributed by atoms with E-state index in [9.17, 15) is 9.59 Å². The van der Waals surface area contributed by atoms with E-state index in [1.807, 2.05) is 30.3 Å². The average Bonchev–Trinajstić information content (AvgIpc) is 3.04. The van der Waals surface area contributed by atoms with E-state index in [0.29, 0.717) is 32.1 Å². The molecule has 1 amide bonds. The molecule has 138 valence electrons. The molecule has 1 aliphatic rings. The normalized spacial score (nSPS) is 17.2. The van der Waals surface area contributed by atoms with Gasteiger partial charge in [0.05, 0.1) is 38.0 Å². The van der Waals surface area contributed by atoms with Crippen LogP contribution in [0.2, 0.25) is 0 Å². The van der Waals surface area contributed by atoms with E-state index in [-0.39, 0.29) is 24.3 Å². The number of carbonyl (C=O) groups excluding carboxylic acids is 2. The number of morpholine rings is 1. The molecule has 1 aromatic heterocycles. The van der Waals surface area contributed by atoms with Crippen LogP contribution in [0.4, 0.5) is 0 Å². The maximum Gasteiger partial charge on any atom is 0.307 e. The van der Waals surface area contributed by atoms with Gasteiger partial charge in [-0.25, -0.2) is 0 Å². The lowest BCUT2D eigenvalue weighted by Crippen LogP contribution is -2.50. The number of amides is 1. The number of hydrogen-bond acceptors (Lipinski definition) is 5. The van der Waals surface area contributed by atoms with Crippen molar-refractivity contribution in [2.75, 3.05) is 26.4 Å². The highest BCUT2D eigenvalue weighted by molar-refractivity contribution is 5.94. The molecule has 1 atom stereocenters. The van der Waals surface area contributed by atoms with Gasteiger partial charge in [0.2, 0.25) is 0 Å². The van der Waals surface area contributed by atoms with Gasteiger partial charge in [-0.2, -0.15) is 5.10 Å². The van der Waals surface area contributed by atoms with Gasteiger partial charge in [-0.3, -0.25) is 14.3 Å². The number of nitrogens with zero attached hydrogens (tertiary/aromatic N) is 3. The summed E-state index contributed by atoms with van der Waals surface area (Å²) >= 11 is 0. The maximum atomic E-state index is 13.1. The summed E-state index contributed by atoms with van der Waals surface area (Å²) in [5.41, 5.74) is 2.18. The van der Waals surface area contributed by atoms with Gasteiger partial charge in [-0.05, 0) is 13.0 Å². The van der Waals surface area contributed by atoms with E-state index >= 15 is 0 Å². The number of aromatic nitrogens is 2. The fourth-order valence-electron chi connectivity index (χ4n) is 3.07. The second-order valence-corrected chi connectivity index (χ2v) is 6.14. The van der Waals surface area contributed by atoms with Crippen molar-refractivity contribution in [3.8, 4) is 11.3 Å². The molecule has 0 N–H and O–H groups in total. The van der Waals surface area contributed by atoms with Crippen molar-refractivity contribution in [3.05, 3.63) is 42.1 Å². The molecule has 0 radical (unpaired) electrons. The predicted molar refractivity (Wildman–Crippen MR) is 95.5 cm³/mol. The summed E-state index contributed by atoms with van der Waals surface area (Å²) in [4.78, 5) is 26.6. The first-order valence-electron chi connectivity index (χ1n) is 8.74. The Morgan fingerprint density at radius 2 is 2.08 bits per heavy atom. The zero-order valence-corrected chi connectivity index (χ0v) is 15.1. The molecule has 1 saturated heterocycles. The highest BCUT2D eigenvalue weighted by Gasteiger charge is 2.32. The predicted octanol–water partition coefficient (Wildman–Crippen LogP) is 1.88. The number of esters is 1. The standard InChI is InChI=1S/C19H23N3O4/c1-3-26-18(23)11-15-13-25-10-9-22(15)19(24)17-12-16(20-21(17)2)14-7-5-4-6-8-14/h4-8,12,15H,3,9-11,13H2,1-2H3/t15-/m1/s1. The summed E-state index contributed by atoms with van der Waals surface area (Å²) in [6.07, 6.45) is 0.128. The van der Waals surface area contributed by atoms with E-state index in [0.717, 1.165) is 11.3 Å². The van der Waals surface area contributed by atoms with Crippen LogP contribution in [0.3, 0.4) is 0 Å². The van der Waals surface area contributed by atoms with Gasteiger partial charge in [0, 0.05) is 19.2 Å². The molecule has 0 bridgehead atoms. The molecule has 7 heteroatoms. The Morgan fingerprint density at radius 1 is 1.31 bits per heavy atom. The Bertz CT molecular complexity index is 772. The molecule has 1 aromatic carbocycles. The number of hydrogen-bond donors (Lipinski definition) is 0. The van der Waals surface area contributed by atoms with Crippen molar-refractivity contribution in [2.24, 2.45) is 7.05 Å². The van der Waals surface area contributed by atoms with E-state index in [1.165, 1.54) is 0 Å². The summed E-state index contributed by atoms with van der Waals surface area (Å²) in [5, 5.41) is 4.46. The average molecular weight is 357 g/mol. The van der Waals surface area contributed by atoms with Crippen LogP contribution in [-0.4, -0.2) is 59.0 Å². The first-order valence-corrected chi connectivity index (χ1v) is 8.74. The Labute approximate surface area is 152 Å². The molecular weight excluding hydrogens is 334 g/mol. The topological polar surface area (TPSA) is 73.7 Å². The Balaban J connectivity index is 1.80. The molecule has 3 rings (SSSR count). The molecule has 7 nitrogen and oxygen atoms in total. The third kappa shape index (κ3) is 3.94. The van der Waals surface area contributed by atoms with Crippen molar-refractivity contribution < 1.29 is 19.1 Å². The van der Waals surface area contributed by atoms with Crippen molar-refractivity contribution in [1.82, 2.24) is 14.7 Å². The molecule has 2 aromatic rings. The second kappa shape index (κ2) is 8.14. The lowest BCUT2D eigenvalue weighted by molar-refractivity contribution is -0.145. The fraction of sp³-hybridized carbons (Fsp3) is 0.421. The SMILES string of the molecule is CCOC(=O)C[C@@H]1COCCN1C(=O)c1cc(-c2ccccc2)nn1C. The summed E-state index contributed by atoms with van der Waals surface area (Å²) in [6.45, 7) is 3.30. The third-order valence-electron chi connectivity index (χ3n) is 4.36. The molecule has 2 heterocycles. The first-order chi connectivity index (χ1) is 12.6. The summed E-state index contributed by atoms with van der Waals surface area (Å²) in [6, 6.07) is 11.2. The van der Waals surface area contributed by atoms with Crippen molar-refractivity contribution >= 4 is 11.9 Å². The van der Waals surface area contributed by atoms with Crippen LogP contribution >= 0.6 is 0 Å². The first kappa shape index (κ1) is 18.1. The molecule has 0 unspecified atom stereocenters. The minimum Gasteiger partial charge on any atom is -0.466 e. The highest BCUT2D eigenvalue weighted by atomic mass is 16.5. The molecule has 0 spiro atoms. The van der Waals surface area contributed by atoms with Crippen LogP contribution in [0.15, 0.2) is 36.4 Å². The van der Waals surface area contributed by atoms with E-state index in [2.05, 4.69) is 5.10 Å². The number of carbonyl (C=O) groups is 2. The maximum absolute atomic E-state index is 13.1. The summed E-state index contributed by atoms with van der Waals surface area (Å²) < 4.78 is 12.1. The van der Waals surface area contributed by atoms with Crippen molar-refractivity contribution in [2.45, 2.75) is 19.4 Å². The Kier molecular flexibility index (Phi) is 5.68. The van der Waals surface area contributed by atoms with Gasteiger partial charge >= 0.3 is 5.97 Å². The Morgan fingerprint density at radius 3 is 2.81 bits per heavy atom. The van der Waals surface area contributed by atoms with Crippen LogP contribution in [0.1, 0.15) is 23.8 Å². The van der Waals surface area contributed by atoms with Crippen LogP contribution < -0.4 is 0 Å². The molecular formula is C19H23N3O4. The van der Waals surface area contributed by atoms with Crippen molar-refractivity contribution in [3.63, 3.8) is 0 Å². The van der Waals surface area contributed by atoms with Gasteiger partial charge in [0.15, 0.2) is 0 Å². The van der Waals surface area contributed by atoms with Crippen LogP contribution in [-0.2, 0) is 21.3 Å². The number of benzene rings is 1. The Hall–Kier alpha value is -2.67. The molecule has 26 heavy (non-hydrogen) atoms. The van der Waals surface area contributed by atoms with E-state index in [4.69, 9.17) is 9.47 Å². The van der Waals surface area contributed by atoms with Crippen LogP contribution in [0, 0.1) is 0 Å². The van der Waals surface area contributed by atoms with Gasteiger partial charge in [0.1, 0.15) is 5.69 Å². The monoisotopic (exact) mass is 357 g/mol. The van der Waals surface area contributed by atoms with Crippen molar-refractivity contribution in [1.29, 1.82) is 0 Å². The largest absolute Gasteiger partial charge is 0.466 e. The minimum atomic E-state index is -0.328. The van der Waals surface area contributed by atoms with Crippen LogP contribution in [0.5, 0.6) is 0 Å². The molecule has 0 saturated carbocycles. The fourth-order valence-corrected chi connectivity index (χ4v) is 3.07.